The highest BCUT2D eigenvalue weighted by atomic mass is 32.2. The number of piperidine rings is 1. The Morgan fingerprint density at radius 1 is 1.35 bits per heavy atom. The molecule has 7 nitrogen and oxygen atoms in total. The largest absolute Gasteiger partial charge is 0.496 e. The van der Waals surface area contributed by atoms with Crippen LogP contribution in [0.5, 0.6) is 5.75 Å². The second-order valence-corrected chi connectivity index (χ2v) is 9.32. The van der Waals surface area contributed by atoms with Crippen molar-refractivity contribution in [1.82, 2.24) is 4.31 Å². The molecule has 0 bridgehead atoms. The third-order valence-electron chi connectivity index (χ3n) is 5.53. The summed E-state index contributed by atoms with van der Waals surface area (Å²) < 4.78 is 32.5. The van der Waals surface area contributed by atoms with E-state index in [9.17, 15) is 23.4 Å². The van der Waals surface area contributed by atoms with Crippen molar-refractivity contribution in [3.8, 4) is 5.75 Å². The van der Waals surface area contributed by atoms with E-state index in [0.717, 1.165) is 12.8 Å². The van der Waals surface area contributed by atoms with Gasteiger partial charge in [-0.25, -0.2) is 8.42 Å². The molecule has 3 rings (SSSR count). The summed E-state index contributed by atoms with van der Waals surface area (Å²) in [7, 11) is -2.33. The van der Waals surface area contributed by atoms with E-state index in [2.05, 4.69) is 0 Å². The Bertz CT molecular complexity index is 804. The van der Waals surface area contributed by atoms with Gasteiger partial charge in [0.25, 0.3) is 0 Å². The minimum absolute atomic E-state index is 0.105. The summed E-state index contributed by atoms with van der Waals surface area (Å²) in [4.78, 5) is 12.1. The SMILES string of the molecule is COc1ccc(S(=O)(=O)N2CC[C@@H](O)[C@@](CC3CC3)(C(=O)O)C2)cc1C. The van der Waals surface area contributed by atoms with Gasteiger partial charge in [0.2, 0.25) is 10.0 Å². The Morgan fingerprint density at radius 2 is 2.04 bits per heavy atom. The Kier molecular flexibility index (Phi) is 5.02. The first kappa shape index (κ1) is 19.1. The predicted octanol–water partition coefficient (Wildman–Crippen LogP) is 1.63. The van der Waals surface area contributed by atoms with Crippen LogP contribution in [0.15, 0.2) is 23.1 Å². The van der Waals surface area contributed by atoms with Gasteiger partial charge in [-0.2, -0.15) is 4.31 Å². The van der Waals surface area contributed by atoms with Gasteiger partial charge in [0.1, 0.15) is 11.2 Å². The fourth-order valence-electron chi connectivity index (χ4n) is 3.74. The number of aliphatic hydroxyl groups is 1. The zero-order valence-electron chi connectivity index (χ0n) is 15.0. The average Bonchev–Trinajstić information content (AvgIpc) is 3.40. The molecule has 1 aromatic rings. The number of aliphatic carboxylic acids is 1. The number of carboxylic acids is 1. The van der Waals surface area contributed by atoms with Crippen LogP contribution in [0.3, 0.4) is 0 Å². The van der Waals surface area contributed by atoms with Crippen LogP contribution < -0.4 is 4.74 Å². The number of methoxy groups -OCH3 is 1. The molecule has 1 aliphatic carbocycles. The Morgan fingerprint density at radius 3 is 2.58 bits per heavy atom. The first-order chi connectivity index (χ1) is 12.2. The molecule has 1 saturated heterocycles. The highest BCUT2D eigenvalue weighted by Crippen LogP contribution is 2.45. The van der Waals surface area contributed by atoms with Crippen LogP contribution in [-0.4, -0.2) is 55.2 Å². The summed E-state index contributed by atoms with van der Waals surface area (Å²) in [6.45, 7) is 1.66. The van der Waals surface area contributed by atoms with Crippen molar-refractivity contribution >= 4 is 16.0 Å². The Hall–Kier alpha value is -1.64. The second-order valence-electron chi connectivity index (χ2n) is 7.38. The van der Waals surface area contributed by atoms with Gasteiger partial charge in [-0.1, -0.05) is 12.8 Å². The lowest BCUT2D eigenvalue weighted by Crippen LogP contribution is -2.57. The van der Waals surface area contributed by atoms with Gasteiger partial charge in [0.05, 0.1) is 18.1 Å². The van der Waals surface area contributed by atoms with Crippen LogP contribution in [0.2, 0.25) is 0 Å². The molecule has 8 heteroatoms. The van der Waals surface area contributed by atoms with Crippen molar-refractivity contribution in [2.45, 2.75) is 43.6 Å². The van der Waals surface area contributed by atoms with Crippen LogP contribution in [-0.2, 0) is 14.8 Å². The topological polar surface area (TPSA) is 104 Å². The van der Waals surface area contributed by atoms with E-state index < -0.39 is 27.5 Å². The number of ether oxygens (including phenoxy) is 1. The Balaban J connectivity index is 1.92. The smallest absolute Gasteiger partial charge is 0.313 e. The molecule has 2 N–H and O–H groups in total. The summed E-state index contributed by atoms with van der Waals surface area (Å²) in [6, 6.07) is 4.59. The number of aryl methyl sites for hydroxylation is 1. The van der Waals surface area contributed by atoms with Crippen molar-refractivity contribution in [1.29, 1.82) is 0 Å². The van der Waals surface area contributed by atoms with Crippen molar-refractivity contribution in [2.24, 2.45) is 11.3 Å². The maximum atomic E-state index is 13.1. The maximum absolute atomic E-state index is 13.1. The highest BCUT2D eigenvalue weighted by Gasteiger charge is 2.53. The van der Waals surface area contributed by atoms with Crippen LogP contribution in [0.25, 0.3) is 0 Å². The molecule has 2 fully saturated rings. The van der Waals surface area contributed by atoms with Gasteiger partial charge < -0.3 is 14.9 Å². The van der Waals surface area contributed by atoms with Gasteiger partial charge >= 0.3 is 5.97 Å². The lowest BCUT2D eigenvalue weighted by molar-refractivity contribution is -0.162. The standard InChI is InChI=1S/C18H25NO6S/c1-12-9-14(5-6-15(12)25-2)26(23,24)19-8-7-16(20)18(11-19,17(21)22)10-13-3-4-13/h5-6,9,13,16,20H,3-4,7-8,10-11H2,1-2H3,(H,21,22)/t16-,18+/m1/s1. The molecule has 2 atom stereocenters. The van der Waals surface area contributed by atoms with E-state index >= 15 is 0 Å². The zero-order valence-corrected chi connectivity index (χ0v) is 15.8. The Labute approximate surface area is 153 Å². The monoisotopic (exact) mass is 383 g/mol. The number of benzene rings is 1. The number of sulfonamides is 1. The molecule has 1 heterocycles. The van der Waals surface area contributed by atoms with Gasteiger partial charge in [-0.05, 0) is 49.4 Å². The lowest BCUT2D eigenvalue weighted by atomic mass is 9.74. The third kappa shape index (κ3) is 3.33. The van der Waals surface area contributed by atoms with Crippen LogP contribution in [0.4, 0.5) is 0 Å². The minimum Gasteiger partial charge on any atom is -0.496 e. The van der Waals surface area contributed by atoms with Crippen LogP contribution in [0, 0.1) is 18.3 Å². The van der Waals surface area contributed by atoms with Gasteiger partial charge in [-0.3, -0.25) is 4.79 Å². The summed E-state index contributed by atoms with van der Waals surface area (Å²) in [5.74, 6) is -0.277. The van der Waals surface area contributed by atoms with Crippen molar-refractivity contribution in [3.05, 3.63) is 23.8 Å². The normalized spacial score (nSPS) is 27.3. The fraction of sp³-hybridized carbons (Fsp3) is 0.611. The molecule has 1 aliphatic heterocycles. The molecule has 1 aromatic carbocycles. The van der Waals surface area contributed by atoms with E-state index in [1.54, 1.807) is 13.0 Å². The first-order valence-electron chi connectivity index (χ1n) is 8.77. The number of carboxylic acid groups (broad SMARTS) is 1. The third-order valence-corrected chi connectivity index (χ3v) is 7.37. The molecule has 0 radical (unpaired) electrons. The van der Waals surface area contributed by atoms with Crippen LogP contribution >= 0.6 is 0 Å². The molecular weight excluding hydrogens is 358 g/mol. The number of nitrogens with zero attached hydrogens (tertiary/aromatic N) is 1. The molecule has 2 aliphatic rings. The van der Waals surface area contributed by atoms with E-state index in [0.29, 0.717) is 17.7 Å². The molecule has 144 valence electrons. The van der Waals surface area contributed by atoms with Crippen molar-refractivity contribution in [3.63, 3.8) is 0 Å². The predicted molar refractivity (Wildman–Crippen MR) is 94.5 cm³/mol. The minimum atomic E-state index is -3.85. The molecule has 0 spiro atoms. The molecular formula is C18H25NO6S. The van der Waals surface area contributed by atoms with E-state index in [-0.39, 0.29) is 30.3 Å². The lowest BCUT2D eigenvalue weighted by Gasteiger charge is -2.42. The van der Waals surface area contributed by atoms with Gasteiger partial charge in [0, 0.05) is 13.1 Å². The summed E-state index contributed by atoms with van der Waals surface area (Å²) >= 11 is 0. The number of carbonyl (C=O) groups is 1. The van der Waals surface area contributed by atoms with E-state index in [4.69, 9.17) is 4.74 Å². The molecule has 1 saturated carbocycles. The summed E-state index contributed by atoms with van der Waals surface area (Å²) in [5.41, 5.74) is -0.748. The van der Waals surface area contributed by atoms with Crippen molar-refractivity contribution < 1.29 is 28.2 Å². The summed E-state index contributed by atoms with van der Waals surface area (Å²) in [5, 5.41) is 20.2. The second kappa shape index (κ2) is 6.83. The van der Waals surface area contributed by atoms with Crippen molar-refractivity contribution in [2.75, 3.05) is 20.2 Å². The van der Waals surface area contributed by atoms with E-state index in [1.165, 1.54) is 23.5 Å². The quantitative estimate of drug-likeness (QED) is 0.774. The first-order valence-corrected chi connectivity index (χ1v) is 10.2. The van der Waals surface area contributed by atoms with E-state index in [1.807, 2.05) is 0 Å². The number of hydrogen-bond donors (Lipinski definition) is 2. The highest BCUT2D eigenvalue weighted by molar-refractivity contribution is 7.89. The average molecular weight is 383 g/mol. The zero-order chi connectivity index (χ0) is 19.1. The maximum Gasteiger partial charge on any atom is 0.313 e. The molecule has 0 aromatic heterocycles. The molecule has 0 amide bonds. The number of rotatable bonds is 6. The van der Waals surface area contributed by atoms with Gasteiger partial charge in [0.15, 0.2) is 0 Å². The molecule has 0 unspecified atom stereocenters. The molecule has 26 heavy (non-hydrogen) atoms. The van der Waals surface area contributed by atoms with Crippen LogP contribution in [0.1, 0.15) is 31.2 Å². The number of aliphatic hydroxyl groups excluding tert-OH is 1. The van der Waals surface area contributed by atoms with Gasteiger partial charge in [-0.15, -0.1) is 0 Å². The number of hydrogen-bond acceptors (Lipinski definition) is 5. The summed E-state index contributed by atoms with van der Waals surface area (Å²) in [6.07, 6.45) is 1.27. The fourth-order valence-corrected chi connectivity index (χ4v) is 5.35.